The van der Waals surface area contributed by atoms with Gasteiger partial charge in [0.15, 0.2) is 0 Å². The molecule has 4 heteroatoms. The molecule has 104 valence electrons. The molecule has 0 radical (unpaired) electrons. The van der Waals surface area contributed by atoms with Crippen LogP contribution >= 0.6 is 0 Å². The summed E-state index contributed by atoms with van der Waals surface area (Å²) in [7, 11) is 0. The molecule has 0 saturated heterocycles. The Morgan fingerprint density at radius 3 is 2.68 bits per heavy atom. The lowest BCUT2D eigenvalue weighted by Crippen LogP contribution is -2.41. The van der Waals surface area contributed by atoms with Crippen LogP contribution in [0.3, 0.4) is 0 Å². The fraction of sp³-hybridized carbons (Fsp3) is 0.533. The normalized spacial score (nSPS) is 17.1. The monoisotopic (exact) mass is 262 g/mol. The molecule has 1 atom stereocenters. The molecule has 2 rings (SSSR count). The minimum Gasteiger partial charge on any atom is -0.445 e. The molecule has 0 aliphatic heterocycles. The van der Waals surface area contributed by atoms with Crippen LogP contribution in [0.2, 0.25) is 0 Å². The lowest BCUT2D eigenvalue weighted by atomic mass is 9.99. The molecule has 1 aliphatic carbocycles. The maximum absolute atomic E-state index is 11.5. The van der Waals surface area contributed by atoms with E-state index in [1.165, 1.54) is 25.7 Å². The van der Waals surface area contributed by atoms with E-state index in [2.05, 4.69) is 5.32 Å². The zero-order valence-corrected chi connectivity index (χ0v) is 11.2. The van der Waals surface area contributed by atoms with Crippen LogP contribution in [0.5, 0.6) is 0 Å². The summed E-state index contributed by atoms with van der Waals surface area (Å²) in [5.74, 6) is 0.550. The predicted molar refractivity (Wildman–Crippen MR) is 74.6 cm³/mol. The van der Waals surface area contributed by atoms with Gasteiger partial charge in [-0.15, -0.1) is 0 Å². The van der Waals surface area contributed by atoms with Crippen molar-refractivity contribution in [1.29, 1.82) is 0 Å². The molecule has 0 aromatic heterocycles. The molecule has 0 bridgehead atoms. The number of nitrogens with one attached hydrogen (secondary N) is 1. The summed E-state index contributed by atoms with van der Waals surface area (Å²) < 4.78 is 5.14. The van der Waals surface area contributed by atoms with Gasteiger partial charge < -0.3 is 15.8 Å². The van der Waals surface area contributed by atoms with Crippen LogP contribution in [0, 0.1) is 5.92 Å². The fourth-order valence-electron chi connectivity index (χ4n) is 2.53. The zero-order valence-electron chi connectivity index (χ0n) is 11.2. The smallest absolute Gasteiger partial charge is 0.407 e. The number of alkyl carbamates (subject to hydrolysis) is 1. The van der Waals surface area contributed by atoms with E-state index in [-0.39, 0.29) is 6.04 Å². The minimum absolute atomic E-state index is 0.0479. The average Bonchev–Trinajstić information content (AvgIpc) is 2.98. The van der Waals surface area contributed by atoms with Crippen molar-refractivity contribution in [2.45, 2.75) is 38.3 Å². The molecule has 1 aromatic carbocycles. The van der Waals surface area contributed by atoms with E-state index in [0.29, 0.717) is 19.1 Å². The molecule has 1 unspecified atom stereocenters. The number of amides is 1. The topological polar surface area (TPSA) is 64.3 Å². The van der Waals surface area contributed by atoms with Gasteiger partial charge in [0.2, 0.25) is 0 Å². The average molecular weight is 262 g/mol. The molecule has 0 heterocycles. The number of carbonyl (C=O) groups excluding carboxylic acids is 1. The summed E-state index contributed by atoms with van der Waals surface area (Å²) in [5.41, 5.74) is 7.05. The summed E-state index contributed by atoms with van der Waals surface area (Å²) >= 11 is 0. The van der Waals surface area contributed by atoms with Crippen LogP contribution < -0.4 is 11.1 Å². The number of carbonyl (C=O) groups is 1. The first kappa shape index (κ1) is 13.9. The number of nitrogens with two attached hydrogens (primary N) is 1. The third-order valence-corrected chi connectivity index (χ3v) is 3.70. The number of hydrogen-bond acceptors (Lipinski definition) is 3. The van der Waals surface area contributed by atoms with Crippen LogP contribution in [-0.2, 0) is 11.3 Å². The van der Waals surface area contributed by atoms with Gasteiger partial charge in [-0.25, -0.2) is 4.79 Å². The van der Waals surface area contributed by atoms with Crippen molar-refractivity contribution in [3.05, 3.63) is 35.9 Å². The van der Waals surface area contributed by atoms with E-state index in [9.17, 15) is 4.79 Å². The molecule has 19 heavy (non-hydrogen) atoms. The number of ether oxygens (including phenoxy) is 1. The third kappa shape index (κ3) is 4.56. The molecule has 0 spiro atoms. The van der Waals surface area contributed by atoms with Crippen LogP contribution in [0.25, 0.3) is 0 Å². The molecular weight excluding hydrogens is 240 g/mol. The van der Waals surface area contributed by atoms with E-state index in [4.69, 9.17) is 10.5 Å². The summed E-state index contributed by atoms with van der Waals surface area (Å²) in [6.07, 6.45) is 4.49. The minimum atomic E-state index is -0.391. The molecule has 4 nitrogen and oxygen atoms in total. The largest absolute Gasteiger partial charge is 0.445 e. The molecule has 1 saturated carbocycles. The fourth-order valence-corrected chi connectivity index (χ4v) is 2.53. The Bertz CT molecular complexity index is 388. The Hall–Kier alpha value is -1.55. The van der Waals surface area contributed by atoms with Gasteiger partial charge in [-0.3, -0.25) is 0 Å². The molecular formula is C15H22N2O2. The van der Waals surface area contributed by atoms with Gasteiger partial charge >= 0.3 is 6.09 Å². The molecule has 1 aliphatic rings. The van der Waals surface area contributed by atoms with Gasteiger partial charge in [0.1, 0.15) is 6.61 Å². The van der Waals surface area contributed by atoms with Gasteiger partial charge in [-0.2, -0.15) is 0 Å². The van der Waals surface area contributed by atoms with E-state index < -0.39 is 6.09 Å². The Morgan fingerprint density at radius 1 is 1.32 bits per heavy atom. The van der Waals surface area contributed by atoms with Gasteiger partial charge in [0.05, 0.1) is 0 Å². The second-order valence-electron chi connectivity index (χ2n) is 5.15. The van der Waals surface area contributed by atoms with Crippen LogP contribution in [0.15, 0.2) is 30.3 Å². The zero-order chi connectivity index (χ0) is 13.5. The summed E-state index contributed by atoms with van der Waals surface area (Å²) in [4.78, 5) is 11.5. The lowest BCUT2D eigenvalue weighted by molar-refractivity contribution is 0.138. The number of hydrogen-bond donors (Lipinski definition) is 2. The first-order valence-electron chi connectivity index (χ1n) is 6.96. The van der Waals surface area contributed by atoms with Crippen molar-refractivity contribution >= 4 is 6.09 Å². The van der Waals surface area contributed by atoms with E-state index in [0.717, 1.165) is 5.56 Å². The van der Waals surface area contributed by atoms with Crippen molar-refractivity contribution < 1.29 is 9.53 Å². The third-order valence-electron chi connectivity index (χ3n) is 3.70. The first-order valence-corrected chi connectivity index (χ1v) is 6.96. The Labute approximate surface area is 114 Å². The predicted octanol–water partition coefficient (Wildman–Crippen LogP) is 2.43. The van der Waals surface area contributed by atoms with E-state index >= 15 is 0 Å². The lowest BCUT2D eigenvalue weighted by Gasteiger charge is -2.18. The van der Waals surface area contributed by atoms with Crippen LogP contribution in [0.4, 0.5) is 4.79 Å². The van der Waals surface area contributed by atoms with Gasteiger partial charge in [-0.1, -0.05) is 43.2 Å². The number of benzene rings is 1. The number of rotatable bonds is 5. The molecule has 3 N–H and O–H groups in total. The summed E-state index contributed by atoms with van der Waals surface area (Å²) in [6, 6.07) is 9.69. The second-order valence-corrected chi connectivity index (χ2v) is 5.15. The van der Waals surface area contributed by atoms with Gasteiger partial charge in [0, 0.05) is 12.6 Å². The summed E-state index contributed by atoms with van der Waals surface area (Å²) in [6.45, 7) is 0.795. The Morgan fingerprint density at radius 2 is 2.00 bits per heavy atom. The highest BCUT2D eigenvalue weighted by Crippen LogP contribution is 2.26. The first-order chi connectivity index (χ1) is 9.25. The van der Waals surface area contributed by atoms with Crippen LogP contribution in [-0.4, -0.2) is 18.7 Å². The highest BCUT2D eigenvalue weighted by atomic mass is 16.5. The Kier molecular flexibility index (Phi) is 5.21. The van der Waals surface area contributed by atoms with E-state index in [1.54, 1.807) is 0 Å². The van der Waals surface area contributed by atoms with E-state index in [1.807, 2.05) is 30.3 Å². The highest BCUT2D eigenvalue weighted by molar-refractivity contribution is 5.67. The van der Waals surface area contributed by atoms with Gasteiger partial charge in [-0.05, 0) is 24.3 Å². The van der Waals surface area contributed by atoms with Crippen molar-refractivity contribution in [3.8, 4) is 0 Å². The SMILES string of the molecule is NC(CNC(=O)OCc1ccccc1)C1CCCC1. The maximum atomic E-state index is 11.5. The quantitative estimate of drug-likeness (QED) is 0.856. The highest BCUT2D eigenvalue weighted by Gasteiger charge is 2.22. The summed E-state index contributed by atoms with van der Waals surface area (Å²) in [5, 5.41) is 2.74. The van der Waals surface area contributed by atoms with Crippen LogP contribution in [0.1, 0.15) is 31.2 Å². The second kappa shape index (κ2) is 7.14. The van der Waals surface area contributed by atoms with Gasteiger partial charge in [0.25, 0.3) is 0 Å². The van der Waals surface area contributed by atoms with Crippen molar-refractivity contribution in [3.63, 3.8) is 0 Å². The standard InChI is InChI=1S/C15H22N2O2/c16-14(13-8-4-5-9-13)10-17-15(18)19-11-12-6-2-1-3-7-12/h1-3,6-7,13-14H,4-5,8-11,16H2,(H,17,18). The molecule has 1 fully saturated rings. The van der Waals surface area contributed by atoms with Crippen molar-refractivity contribution in [2.24, 2.45) is 11.7 Å². The maximum Gasteiger partial charge on any atom is 0.407 e. The Balaban J connectivity index is 1.64. The van der Waals surface area contributed by atoms with Crippen molar-refractivity contribution in [1.82, 2.24) is 5.32 Å². The molecule has 1 aromatic rings. The van der Waals surface area contributed by atoms with Crippen molar-refractivity contribution in [2.75, 3.05) is 6.54 Å². The molecule has 1 amide bonds.